The lowest BCUT2D eigenvalue weighted by Gasteiger charge is -2.54. The van der Waals surface area contributed by atoms with E-state index in [2.05, 4.69) is 25.8 Å². The third kappa shape index (κ3) is 3.92. The summed E-state index contributed by atoms with van der Waals surface area (Å²) in [6.45, 7) is 3.28. The number of H-pyrrole nitrogens is 1. The molecule has 1 amide bonds. The summed E-state index contributed by atoms with van der Waals surface area (Å²) in [5.41, 5.74) is 2.16. The second kappa shape index (κ2) is 8.71. The van der Waals surface area contributed by atoms with E-state index in [9.17, 15) is 9.59 Å². The predicted molar refractivity (Wildman–Crippen MR) is 129 cm³/mol. The summed E-state index contributed by atoms with van der Waals surface area (Å²) in [6, 6.07) is 8.46. The van der Waals surface area contributed by atoms with Crippen molar-refractivity contribution in [3.8, 4) is 0 Å². The van der Waals surface area contributed by atoms with Crippen molar-refractivity contribution < 1.29 is 4.79 Å². The molecule has 6 nitrogen and oxygen atoms in total. The van der Waals surface area contributed by atoms with Crippen LogP contribution in [0.1, 0.15) is 57.2 Å². The lowest BCUT2D eigenvalue weighted by molar-refractivity contribution is -0.136. The van der Waals surface area contributed by atoms with Crippen LogP contribution in [-0.2, 0) is 11.2 Å². The van der Waals surface area contributed by atoms with Gasteiger partial charge in [-0.2, -0.15) is 0 Å². The Hall–Kier alpha value is -2.47. The molecule has 1 N–H and O–H groups in total. The van der Waals surface area contributed by atoms with Crippen LogP contribution < -0.4 is 5.56 Å². The summed E-state index contributed by atoms with van der Waals surface area (Å²) in [5, 5.41) is 0.615. The second-order valence-electron chi connectivity index (χ2n) is 10.5. The Balaban J connectivity index is 1.14. The van der Waals surface area contributed by atoms with Gasteiger partial charge in [0.15, 0.2) is 0 Å². The average Bonchev–Trinajstić information content (AvgIpc) is 2.84. The molecule has 0 spiro atoms. The molecule has 6 heteroatoms. The van der Waals surface area contributed by atoms with E-state index in [1.165, 1.54) is 32.2 Å². The number of carbonyl (C=O) groups excluding carboxylic acids is 1. The van der Waals surface area contributed by atoms with Crippen molar-refractivity contribution >= 4 is 16.8 Å². The number of benzene rings is 1. The second-order valence-corrected chi connectivity index (χ2v) is 10.5. The molecule has 1 aromatic heterocycles. The van der Waals surface area contributed by atoms with Gasteiger partial charge in [0.25, 0.3) is 5.56 Å². The van der Waals surface area contributed by atoms with Crippen LogP contribution in [0.25, 0.3) is 10.9 Å². The van der Waals surface area contributed by atoms with E-state index < -0.39 is 0 Å². The number of likely N-dealkylation sites (tertiary alicyclic amines) is 1. The van der Waals surface area contributed by atoms with Crippen LogP contribution in [0.2, 0.25) is 0 Å². The van der Waals surface area contributed by atoms with Gasteiger partial charge in [0.05, 0.1) is 16.9 Å². The minimum atomic E-state index is -0.0992. The highest BCUT2D eigenvalue weighted by molar-refractivity contribution is 5.78. The van der Waals surface area contributed by atoms with E-state index in [-0.39, 0.29) is 11.5 Å². The van der Waals surface area contributed by atoms with Gasteiger partial charge in [0.2, 0.25) is 5.91 Å². The highest BCUT2D eigenvalue weighted by atomic mass is 16.2. The Morgan fingerprint density at radius 1 is 1.15 bits per heavy atom. The monoisotopic (exact) mass is 446 g/mol. The minimum absolute atomic E-state index is 0.0992. The molecule has 0 unspecified atom stereocenters. The maximum absolute atomic E-state index is 13.4. The van der Waals surface area contributed by atoms with Gasteiger partial charge in [-0.05, 0) is 69.0 Å². The molecule has 4 heterocycles. The van der Waals surface area contributed by atoms with Gasteiger partial charge in [0.1, 0.15) is 5.82 Å². The van der Waals surface area contributed by atoms with Crippen LogP contribution >= 0.6 is 0 Å². The lowest BCUT2D eigenvalue weighted by Crippen LogP contribution is -2.60. The number of hydrogen-bond acceptors (Lipinski definition) is 4. The van der Waals surface area contributed by atoms with Crippen LogP contribution in [0.3, 0.4) is 0 Å². The smallest absolute Gasteiger partial charge is 0.258 e. The lowest BCUT2D eigenvalue weighted by atomic mass is 9.68. The third-order valence-corrected chi connectivity index (χ3v) is 8.44. The molecular weight excluding hydrogens is 412 g/mol. The summed E-state index contributed by atoms with van der Waals surface area (Å²) in [7, 11) is 0. The number of nitrogens with zero attached hydrogens (tertiary/aromatic N) is 3. The van der Waals surface area contributed by atoms with Gasteiger partial charge in [-0.15, -0.1) is 0 Å². The number of para-hydroxylation sites is 1. The molecule has 1 aromatic carbocycles. The van der Waals surface area contributed by atoms with Crippen LogP contribution in [-0.4, -0.2) is 57.4 Å². The number of aromatic nitrogens is 2. The van der Waals surface area contributed by atoms with Crippen LogP contribution in [0.4, 0.5) is 0 Å². The first kappa shape index (κ1) is 21.1. The van der Waals surface area contributed by atoms with Gasteiger partial charge < -0.3 is 9.88 Å². The van der Waals surface area contributed by atoms with E-state index in [1.807, 2.05) is 18.2 Å². The maximum atomic E-state index is 13.4. The van der Waals surface area contributed by atoms with Gasteiger partial charge in [-0.1, -0.05) is 30.2 Å². The average molecular weight is 447 g/mol. The van der Waals surface area contributed by atoms with Crippen molar-refractivity contribution in [1.29, 1.82) is 0 Å². The number of aryl methyl sites for hydroxylation is 1. The number of aromatic amines is 1. The minimum Gasteiger partial charge on any atom is -0.336 e. The first-order valence-corrected chi connectivity index (χ1v) is 12.9. The highest BCUT2D eigenvalue weighted by Crippen LogP contribution is 2.45. The van der Waals surface area contributed by atoms with Crippen LogP contribution in [0, 0.1) is 11.8 Å². The fourth-order valence-electron chi connectivity index (χ4n) is 7.06. The molecular formula is C27H34N4O2. The van der Waals surface area contributed by atoms with Crippen molar-refractivity contribution in [3.63, 3.8) is 0 Å². The molecule has 4 atom stereocenters. The Bertz CT molecular complexity index is 1140. The number of nitrogens with one attached hydrogen (secondary N) is 1. The zero-order chi connectivity index (χ0) is 22.4. The summed E-state index contributed by atoms with van der Waals surface area (Å²) in [4.78, 5) is 38.1. The molecule has 3 fully saturated rings. The molecule has 4 aliphatic rings. The van der Waals surface area contributed by atoms with Crippen LogP contribution in [0.5, 0.6) is 0 Å². The van der Waals surface area contributed by atoms with Gasteiger partial charge in [-0.3, -0.25) is 14.5 Å². The molecule has 3 saturated heterocycles. The number of hydrogen-bond donors (Lipinski definition) is 1. The van der Waals surface area contributed by atoms with Gasteiger partial charge in [-0.25, -0.2) is 4.98 Å². The number of piperidine rings is 3. The quantitative estimate of drug-likeness (QED) is 0.728. The van der Waals surface area contributed by atoms with E-state index >= 15 is 0 Å². The molecule has 174 valence electrons. The molecule has 33 heavy (non-hydrogen) atoms. The van der Waals surface area contributed by atoms with E-state index in [4.69, 9.17) is 0 Å². The van der Waals surface area contributed by atoms with E-state index in [1.54, 1.807) is 11.6 Å². The van der Waals surface area contributed by atoms with Gasteiger partial charge in [0, 0.05) is 32.0 Å². The van der Waals surface area contributed by atoms with Gasteiger partial charge >= 0.3 is 0 Å². The topological polar surface area (TPSA) is 69.3 Å². The largest absolute Gasteiger partial charge is 0.336 e. The molecule has 2 bridgehead atoms. The number of rotatable bonds is 4. The molecule has 1 aliphatic carbocycles. The van der Waals surface area contributed by atoms with Crippen molar-refractivity contribution in [3.05, 3.63) is 52.1 Å². The summed E-state index contributed by atoms with van der Waals surface area (Å²) >= 11 is 0. The number of amides is 1. The SMILES string of the molecule is O=C(CCCc1nc2ccccc2c(=O)[nH]1)N1CCCC2=C[C@@H]3C[C@H](CN4CCCC[C@@H]34)[C@H]21. The predicted octanol–water partition coefficient (Wildman–Crippen LogP) is 3.67. The molecule has 3 aliphatic heterocycles. The Labute approximate surface area is 195 Å². The molecule has 0 saturated carbocycles. The van der Waals surface area contributed by atoms with Crippen molar-refractivity contribution in [2.24, 2.45) is 11.8 Å². The summed E-state index contributed by atoms with van der Waals surface area (Å²) in [5.74, 6) is 2.23. The van der Waals surface area contributed by atoms with Crippen molar-refractivity contribution in [1.82, 2.24) is 19.8 Å². The van der Waals surface area contributed by atoms with Crippen molar-refractivity contribution in [2.75, 3.05) is 19.6 Å². The summed E-state index contributed by atoms with van der Waals surface area (Å²) < 4.78 is 0. The fourth-order valence-corrected chi connectivity index (χ4v) is 7.06. The standard InChI is InChI=1S/C27H34N4O2/c32-25(12-5-11-24-28-22-9-2-1-8-21(22)27(33)29-24)31-14-6-7-18-15-19-16-20(26(18)31)17-30-13-4-3-10-23(19)30/h1-2,8-9,15,19-20,23,26H,3-7,10-14,16-17H2,(H,28,29,33)/t19-,20-,23+,26+/m1/s1. The third-order valence-electron chi connectivity index (χ3n) is 8.44. The summed E-state index contributed by atoms with van der Waals surface area (Å²) in [6.07, 6.45) is 12.0. The van der Waals surface area contributed by atoms with Crippen LogP contribution in [0.15, 0.2) is 40.7 Å². The Morgan fingerprint density at radius 3 is 3.00 bits per heavy atom. The maximum Gasteiger partial charge on any atom is 0.258 e. The zero-order valence-corrected chi connectivity index (χ0v) is 19.3. The highest BCUT2D eigenvalue weighted by Gasteiger charge is 2.46. The van der Waals surface area contributed by atoms with Crippen molar-refractivity contribution in [2.45, 2.75) is 69.9 Å². The normalized spacial score (nSPS) is 29.3. The number of fused-ring (bicyclic) bond motifs is 7. The Kier molecular flexibility index (Phi) is 5.57. The van der Waals surface area contributed by atoms with E-state index in [0.717, 1.165) is 37.5 Å². The van der Waals surface area contributed by atoms with E-state index in [0.29, 0.717) is 48.4 Å². The molecule has 2 aromatic rings. The Morgan fingerprint density at radius 2 is 2.06 bits per heavy atom. The first-order chi connectivity index (χ1) is 16.2. The zero-order valence-electron chi connectivity index (χ0n) is 19.3. The fraction of sp³-hybridized carbons (Fsp3) is 0.593. The molecule has 0 radical (unpaired) electrons. The first-order valence-electron chi connectivity index (χ1n) is 12.9. The molecule has 6 rings (SSSR count). The number of carbonyl (C=O) groups is 1.